The number of hydrogen-bond acceptors (Lipinski definition) is 3. The Balaban J connectivity index is 2.23. The monoisotopic (exact) mass is 230 g/mol. The summed E-state index contributed by atoms with van der Waals surface area (Å²) in [4.78, 5) is 21.8. The number of carbonyl (C=O) groups is 2. The third kappa shape index (κ3) is 3.37. The molecule has 0 aromatic rings. The first-order chi connectivity index (χ1) is 7.36. The molecule has 0 aromatic carbocycles. The molecule has 2 atom stereocenters. The highest BCUT2D eigenvalue weighted by atomic mass is 16.4. The van der Waals surface area contributed by atoms with Crippen LogP contribution in [0.5, 0.6) is 0 Å². The van der Waals surface area contributed by atoms with E-state index >= 15 is 0 Å². The van der Waals surface area contributed by atoms with Crippen LogP contribution in [0, 0.1) is 11.3 Å². The number of hydrogen-bond donors (Lipinski definition) is 4. The van der Waals surface area contributed by atoms with Crippen LogP contribution in [0.2, 0.25) is 0 Å². The zero-order valence-corrected chi connectivity index (χ0v) is 9.49. The molecule has 0 radical (unpaired) electrons. The molecule has 0 aliphatic heterocycles. The molecule has 1 saturated carbocycles. The molecular formula is C10H18N2O4. The predicted octanol–water partition coefficient (Wildman–Crippen LogP) is -0.223. The highest BCUT2D eigenvalue weighted by molar-refractivity contribution is 5.82. The van der Waals surface area contributed by atoms with E-state index in [1.165, 1.54) is 0 Å². The van der Waals surface area contributed by atoms with E-state index in [0.717, 1.165) is 6.42 Å². The van der Waals surface area contributed by atoms with E-state index in [1.54, 1.807) is 0 Å². The minimum atomic E-state index is -1.25. The van der Waals surface area contributed by atoms with Crippen molar-refractivity contribution in [2.75, 3.05) is 13.2 Å². The first kappa shape index (κ1) is 12.8. The predicted molar refractivity (Wildman–Crippen MR) is 56.9 cm³/mol. The van der Waals surface area contributed by atoms with Gasteiger partial charge in [0, 0.05) is 6.54 Å². The minimum Gasteiger partial charge on any atom is -0.480 e. The normalized spacial score (nSPS) is 23.3. The lowest BCUT2D eigenvalue weighted by atomic mass is 10.1. The molecule has 0 heterocycles. The zero-order valence-electron chi connectivity index (χ0n) is 9.49. The summed E-state index contributed by atoms with van der Waals surface area (Å²) in [5, 5.41) is 22.1. The van der Waals surface area contributed by atoms with Crippen LogP contribution < -0.4 is 10.6 Å². The summed E-state index contributed by atoms with van der Waals surface area (Å²) in [5.74, 6) is -0.792. The van der Waals surface area contributed by atoms with Crippen LogP contribution in [-0.2, 0) is 4.79 Å². The molecule has 0 spiro atoms. The second-order valence-electron chi connectivity index (χ2n) is 4.82. The van der Waals surface area contributed by atoms with Crippen molar-refractivity contribution in [3.63, 3.8) is 0 Å². The zero-order chi connectivity index (χ0) is 12.3. The van der Waals surface area contributed by atoms with Crippen molar-refractivity contribution in [1.29, 1.82) is 0 Å². The highest BCUT2D eigenvalue weighted by Gasteiger charge is 2.45. The van der Waals surface area contributed by atoms with Crippen molar-refractivity contribution in [2.24, 2.45) is 11.3 Å². The fourth-order valence-electron chi connectivity index (χ4n) is 1.54. The standard InChI is InChI=1S/C10H18N2O4/c1-10(2)3-6(10)4-11-9(16)12-7(5-13)8(14)15/h6-7,13H,3-5H2,1-2H3,(H,14,15)(H2,11,12,16)/t6?,7-/m0/s1. The number of carbonyl (C=O) groups excluding carboxylic acids is 1. The maximum atomic E-state index is 11.3. The Morgan fingerprint density at radius 3 is 2.44 bits per heavy atom. The second kappa shape index (κ2) is 4.69. The van der Waals surface area contributed by atoms with Gasteiger partial charge in [-0.15, -0.1) is 0 Å². The molecule has 4 N–H and O–H groups in total. The maximum absolute atomic E-state index is 11.3. The van der Waals surface area contributed by atoms with Gasteiger partial charge in [-0.3, -0.25) is 0 Å². The van der Waals surface area contributed by atoms with Gasteiger partial charge in [0.15, 0.2) is 6.04 Å². The summed E-state index contributed by atoms with van der Waals surface area (Å²) in [6.07, 6.45) is 1.07. The fraction of sp³-hybridized carbons (Fsp3) is 0.800. The van der Waals surface area contributed by atoms with Crippen molar-refractivity contribution >= 4 is 12.0 Å². The number of aliphatic hydroxyl groups is 1. The van der Waals surface area contributed by atoms with Crippen molar-refractivity contribution in [3.8, 4) is 0 Å². The number of amides is 2. The molecule has 16 heavy (non-hydrogen) atoms. The number of aliphatic carboxylic acids is 1. The lowest BCUT2D eigenvalue weighted by Crippen LogP contribution is -2.48. The van der Waals surface area contributed by atoms with Gasteiger partial charge in [-0.05, 0) is 17.8 Å². The minimum absolute atomic E-state index is 0.274. The van der Waals surface area contributed by atoms with Gasteiger partial charge < -0.3 is 20.8 Å². The van der Waals surface area contributed by atoms with Gasteiger partial charge >= 0.3 is 12.0 Å². The molecular weight excluding hydrogens is 212 g/mol. The summed E-state index contributed by atoms with van der Waals surface area (Å²) < 4.78 is 0. The molecule has 0 bridgehead atoms. The molecule has 92 valence electrons. The van der Waals surface area contributed by atoms with E-state index in [9.17, 15) is 9.59 Å². The molecule has 1 aliphatic rings. The number of carboxylic acid groups (broad SMARTS) is 1. The first-order valence-electron chi connectivity index (χ1n) is 5.25. The Kier molecular flexibility index (Phi) is 3.74. The van der Waals surface area contributed by atoms with Gasteiger partial charge in [0.2, 0.25) is 0 Å². The maximum Gasteiger partial charge on any atom is 0.328 e. The third-order valence-corrected chi connectivity index (χ3v) is 3.01. The summed E-state index contributed by atoms with van der Waals surface area (Å²) in [5.41, 5.74) is 0.274. The van der Waals surface area contributed by atoms with Gasteiger partial charge in [0.25, 0.3) is 0 Å². The molecule has 0 saturated heterocycles. The Hall–Kier alpha value is -1.30. The van der Waals surface area contributed by atoms with Gasteiger partial charge in [-0.25, -0.2) is 9.59 Å². The SMILES string of the molecule is CC1(C)CC1CNC(=O)N[C@@H](CO)C(=O)O. The van der Waals surface area contributed by atoms with E-state index in [4.69, 9.17) is 10.2 Å². The van der Waals surface area contributed by atoms with Crippen LogP contribution in [0.3, 0.4) is 0 Å². The van der Waals surface area contributed by atoms with Gasteiger partial charge in [0.05, 0.1) is 6.61 Å². The molecule has 0 aromatic heterocycles. The van der Waals surface area contributed by atoms with Crippen LogP contribution in [0.15, 0.2) is 0 Å². The molecule has 1 rings (SSSR count). The Morgan fingerprint density at radius 1 is 1.50 bits per heavy atom. The second-order valence-corrected chi connectivity index (χ2v) is 4.82. The molecule has 1 unspecified atom stereocenters. The van der Waals surface area contributed by atoms with Crippen LogP contribution in [-0.4, -0.2) is 41.4 Å². The van der Waals surface area contributed by atoms with Crippen molar-refractivity contribution in [2.45, 2.75) is 26.3 Å². The van der Waals surface area contributed by atoms with Crippen LogP contribution in [0.4, 0.5) is 4.79 Å². The Bertz CT molecular complexity index is 291. The largest absolute Gasteiger partial charge is 0.480 e. The first-order valence-corrected chi connectivity index (χ1v) is 5.25. The molecule has 1 aliphatic carbocycles. The van der Waals surface area contributed by atoms with Gasteiger partial charge in [-0.2, -0.15) is 0 Å². The number of urea groups is 1. The fourth-order valence-corrected chi connectivity index (χ4v) is 1.54. The van der Waals surface area contributed by atoms with E-state index in [1.807, 2.05) is 0 Å². The summed E-state index contributed by atoms with van der Waals surface area (Å²) >= 11 is 0. The Labute approximate surface area is 94.0 Å². The third-order valence-electron chi connectivity index (χ3n) is 3.01. The van der Waals surface area contributed by atoms with Gasteiger partial charge in [0.1, 0.15) is 0 Å². The highest BCUT2D eigenvalue weighted by Crippen LogP contribution is 2.50. The Morgan fingerprint density at radius 2 is 2.06 bits per heavy atom. The molecule has 2 amide bonds. The summed E-state index contributed by atoms with van der Waals surface area (Å²) in [6, 6.07) is -1.80. The number of aliphatic hydroxyl groups excluding tert-OH is 1. The molecule has 6 heteroatoms. The lowest BCUT2D eigenvalue weighted by Gasteiger charge is -2.12. The topological polar surface area (TPSA) is 98.7 Å². The van der Waals surface area contributed by atoms with Crippen LogP contribution in [0.25, 0.3) is 0 Å². The average molecular weight is 230 g/mol. The lowest BCUT2D eigenvalue weighted by molar-refractivity contribution is -0.140. The number of rotatable bonds is 5. The van der Waals surface area contributed by atoms with Crippen LogP contribution >= 0.6 is 0 Å². The van der Waals surface area contributed by atoms with Crippen molar-refractivity contribution in [3.05, 3.63) is 0 Å². The van der Waals surface area contributed by atoms with Crippen LogP contribution in [0.1, 0.15) is 20.3 Å². The summed E-state index contributed by atoms with van der Waals surface area (Å²) in [7, 11) is 0. The van der Waals surface area contributed by atoms with Gasteiger partial charge in [-0.1, -0.05) is 13.8 Å². The quantitative estimate of drug-likeness (QED) is 0.524. The molecule has 6 nitrogen and oxygen atoms in total. The van der Waals surface area contributed by atoms with E-state index < -0.39 is 24.6 Å². The molecule has 1 fully saturated rings. The van der Waals surface area contributed by atoms with Crippen molar-refractivity contribution in [1.82, 2.24) is 10.6 Å². The van der Waals surface area contributed by atoms with E-state index in [0.29, 0.717) is 12.5 Å². The van der Waals surface area contributed by atoms with Crippen molar-refractivity contribution < 1.29 is 19.8 Å². The smallest absolute Gasteiger partial charge is 0.328 e. The van der Waals surface area contributed by atoms with E-state index in [2.05, 4.69) is 24.5 Å². The number of carboxylic acids is 1. The average Bonchev–Trinajstić information content (AvgIpc) is 2.79. The summed E-state index contributed by atoms with van der Waals surface area (Å²) in [6.45, 7) is 4.16. The number of nitrogens with one attached hydrogen (secondary N) is 2. The van der Waals surface area contributed by atoms with E-state index in [-0.39, 0.29) is 5.41 Å².